The van der Waals surface area contributed by atoms with Gasteiger partial charge in [0.25, 0.3) is 0 Å². The SMILES string of the molecule is C[Si](C)(C)CN1CCC2CC21. The summed E-state index contributed by atoms with van der Waals surface area (Å²) >= 11 is 0. The molecule has 11 heavy (non-hydrogen) atoms. The Labute approximate surface area is 70.8 Å². The molecule has 0 amide bonds. The summed E-state index contributed by atoms with van der Waals surface area (Å²) in [4.78, 5) is 2.75. The molecule has 0 aromatic carbocycles. The Morgan fingerprint density at radius 3 is 2.45 bits per heavy atom. The summed E-state index contributed by atoms with van der Waals surface area (Å²) in [6.45, 7) is 8.83. The molecule has 0 radical (unpaired) electrons. The topological polar surface area (TPSA) is 3.24 Å². The fourth-order valence-electron chi connectivity index (χ4n) is 2.29. The fourth-order valence-corrected chi connectivity index (χ4v) is 3.90. The molecule has 1 saturated heterocycles. The Morgan fingerprint density at radius 2 is 2.09 bits per heavy atom. The maximum Gasteiger partial charge on any atom is 0.0599 e. The Kier molecular flexibility index (Phi) is 1.65. The van der Waals surface area contributed by atoms with E-state index in [1.54, 1.807) is 0 Å². The van der Waals surface area contributed by atoms with Crippen molar-refractivity contribution in [1.29, 1.82) is 0 Å². The fraction of sp³-hybridized carbons (Fsp3) is 1.00. The van der Waals surface area contributed by atoms with Crippen molar-refractivity contribution in [1.82, 2.24) is 4.90 Å². The molecule has 2 unspecified atom stereocenters. The molecule has 1 heterocycles. The highest BCUT2D eigenvalue weighted by atomic mass is 28.3. The average molecular weight is 169 g/mol. The van der Waals surface area contributed by atoms with Crippen molar-refractivity contribution in [3.05, 3.63) is 0 Å². The highest BCUT2D eigenvalue weighted by molar-refractivity contribution is 6.76. The van der Waals surface area contributed by atoms with Gasteiger partial charge in [-0.1, -0.05) is 19.6 Å². The first kappa shape index (κ1) is 7.81. The van der Waals surface area contributed by atoms with Gasteiger partial charge in [0.1, 0.15) is 0 Å². The molecule has 1 aliphatic heterocycles. The van der Waals surface area contributed by atoms with Crippen LogP contribution >= 0.6 is 0 Å². The third kappa shape index (κ3) is 1.67. The molecule has 1 nitrogen and oxygen atoms in total. The van der Waals surface area contributed by atoms with Gasteiger partial charge in [-0.15, -0.1) is 0 Å². The van der Waals surface area contributed by atoms with E-state index >= 15 is 0 Å². The lowest BCUT2D eigenvalue weighted by Crippen LogP contribution is -2.40. The molecule has 2 atom stereocenters. The predicted molar refractivity (Wildman–Crippen MR) is 51.4 cm³/mol. The second kappa shape index (κ2) is 2.33. The van der Waals surface area contributed by atoms with Crippen LogP contribution in [0.5, 0.6) is 0 Å². The molecule has 2 heteroatoms. The van der Waals surface area contributed by atoms with Crippen LogP contribution in [0.1, 0.15) is 12.8 Å². The van der Waals surface area contributed by atoms with E-state index in [1.807, 2.05) is 0 Å². The molecule has 0 spiro atoms. The summed E-state index contributed by atoms with van der Waals surface area (Å²) in [5.74, 6) is 1.12. The zero-order valence-corrected chi connectivity index (χ0v) is 8.93. The molecule has 2 aliphatic rings. The van der Waals surface area contributed by atoms with Gasteiger partial charge < -0.3 is 4.90 Å². The third-order valence-electron chi connectivity index (χ3n) is 2.82. The molecule has 64 valence electrons. The van der Waals surface area contributed by atoms with Crippen LogP contribution in [0.15, 0.2) is 0 Å². The van der Waals surface area contributed by atoms with Crippen LogP contribution in [-0.4, -0.2) is 31.7 Å². The van der Waals surface area contributed by atoms with Crippen molar-refractivity contribution in [3.63, 3.8) is 0 Å². The number of hydrogen-bond acceptors (Lipinski definition) is 1. The summed E-state index contributed by atoms with van der Waals surface area (Å²) in [5.41, 5.74) is 0. The number of piperidine rings is 1. The molecule has 0 N–H and O–H groups in total. The standard InChI is InChI=1S/C9H19NSi/c1-11(2,3)7-10-5-4-8-6-9(8)10/h8-9H,4-7H2,1-3H3. The minimum atomic E-state index is -0.811. The van der Waals surface area contributed by atoms with Crippen LogP contribution in [0.4, 0.5) is 0 Å². The van der Waals surface area contributed by atoms with Crippen molar-refractivity contribution >= 4 is 8.07 Å². The van der Waals surface area contributed by atoms with E-state index in [1.165, 1.54) is 25.6 Å². The third-order valence-corrected chi connectivity index (χ3v) is 4.17. The lowest BCUT2D eigenvalue weighted by atomic mass is 10.3. The van der Waals surface area contributed by atoms with Gasteiger partial charge in [-0.05, 0) is 31.5 Å². The summed E-state index contributed by atoms with van der Waals surface area (Å²) in [6, 6.07) is 1.03. The predicted octanol–water partition coefficient (Wildman–Crippen LogP) is 1.96. The lowest BCUT2D eigenvalue weighted by molar-refractivity contribution is 0.344. The van der Waals surface area contributed by atoms with Crippen LogP contribution in [-0.2, 0) is 0 Å². The van der Waals surface area contributed by atoms with Gasteiger partial charge >= 0.3 is 0 Å². The number of likely N-dealkylation sites (tertiary alicyclic amines) is 1. The molecule has 0 aromatic rings. The zero-order valence-electron chi connectivity index (χ0n) is 7.93. The van der Waals surface area contributed by atoms with Crippen LogP contribution < -0.4 is 0 Å². The van der Waals surface area contributed by atoms with Crippen LogP contribution in [0.25, 0.3) is 0 Å². The highest BCUT2D eigenvalue weighted by Gasteiger charge is 2.47. The Hall–Kier alpha value is 0.177. The largest absolute Gasteiger partial charge is 0.303 e. The van der Waals surface area contributed by atoms with E-state index in [9.17, 15) is 0 Å². The average Bonchev–Trinajstić information content (AvgIpc) is 2.50. The molecule has 0 aromatic heterocycles. The quantitative estimate of drug-likeness (QED) is 0.571. The summed E-state index contributed by atoms with van der Waals surface area (Å²) in [5, 5.41) is 0. The Balaban J connectivity index is 1.87. The van der Waals surface area contributed by atoms with Gasteiger partial charge in [-0.25, -0.2) is 0 Å². The number of fused-ring (bicyclic) bond motifs is 1. The van der Waals surface area contributed by atoms with Gasteiger partial charge in [0.05, 0.1) is 8.07 Å². The molecule has 1 saturated carbocycles. The van der Waals surface area contributed by atoms with Gasteiger partial charge in [0.15, 0.2) is 0 Å². The Bertz CT molecular complexity index is 161. The molecular formula is C9H19NSi. The van der Waals surface area contributed by atoms with E-state index in [0.717, 1.165) is 12.0 Å². The summed E-state index contributed by atoms with van der Waals surface area (Å²) in [7, 11) is -0.811. The van der Waals surface area contributed by atoms with Crippen LogP contribution in [0.2, 0.25) is 19.6 Å². The van der Waals surface area contributed by atoms with E-state index < -0.39 is 8.07 Å². The first-order valence-corrected chi connectivity index (χ1v) is 8.51. The van der Waals surface area contributed by atoms with Gasteiger partial charge in [-0.3, -0.25) is 0 Å². The van der Waals surface area contributed by atoms with Crippen molar-refractivity contribution in [2.24, 2.45) is 5.92 Å². The van der Waals surface area contributed by atoms with Gasteiger partial charge in [-0.2, -0.15) is 0 Å². The van der Waals surface area contributed by atoms with Crippen molar-refractivity contribution < 1.29 is 0 Å². The van der Waals surface area contributed by atoms with Crippen LogP contribution in [0, 0.1) is 5.92 Å². The number of hydrogen-bond donors (Lipinski definition) is 0. The minimum absolute atomic E-state index is 0.811. The molecule has 2 fully saturated rings. The first-order chi connectivity index (χ1) is 5.06. The van der Waals surface area contributed by atoms with E-state index in [-0.39, 0.29) is 0 Å². The van der Waals surface area contributed by atoms with Gasteiger partial charge in [0.2, 0.25) is 0 Å². The molecular weight excluding hydrogens is 150 g/mol. The number of rotatable bonds is 2. The Morgan fingerprint density at radius 1 is 1.36 bits per heavy atom. The van der Waals surface area contributed by atoms with Crippen molar-refractivity contribution in [2.75, 3.05) is 12.7 Å². The molecule has 2 rings (SSSR count). The first-order valence-electron chi connectivity index (χ1n) is 4.80. The van der Waals surface area contributed by atoms with E-state index in [4.69, 9.17) is 0 Å². The minimum Gasteiger partial charge on any atom is -0.303 e. The van der Waals surface area contributed by atoms with E-state index in [2.05, 4.69) is 24.5 Å². The monoisotopic (exact) mass is 169 g/mol. The summed E-state index contributed by atoms with van der Waals surface area (Å²) in [6.07, 6.45) is 4.45. The summed E-state index contributed by atoms with van der Waals surface area (Å²) < 4.78 is 0. The highest BCUT2D eigenvalue weighted by Crippen LogP contribution is 2.44. The second-order valence-corrected chi connectivity index (χ2v) is 10.8. The van der Waals surface area contributed by atoms with Crippen molar-refractivity contribution in [2.45, 2.75) is 38.5 Å². The maximum absolute atomic E-state index is 2.75. The molecule has 0 bridgehead atoms. The molecule has 1 aliphatic carbocycles. The van der Waals surface area contributed by atoms with Gasteiger partial charge in [0, 0.05) is 6.04 Å². The van der Waals surface area contributed by atoms with Crippen molar-refractivity contribution in [3.8, 4) is 0 Å². The van der Waals surface area contributed by atoms with Crippen LogP contribution in [0.3, 0.4) is 0 Å². The van der Waals surface area contributed by atoms with E-state index in [0.29, 0.717) is 0 Å². The lowest BCUT2D eigenvalue weighted by Gasteiger charge is -2.25. The zero-order chi connectivity index (χ0) is 8.06. The normalized spacial score (nSPS) is 37.4. The maximum atomic E-state index is 2.75. The number of nitrogens with zero attached hydrogens (tertiary/aromatic N) is 1. The second-order valence-electron chi connectivity index (χ2n) is 5.38. The smallest absolute Gasteiger partial charge is 0.0599 e.